The van der Waals surface area contributed by atoms with Gasteiger partial charge in [-0.25, -0.2) is 0 Å². The number of aliphatic hydroxyl groups is 1. The van der Waals surface area contributed by atoms with Crippen molar-refractivity contribution in [1.82, 2.24) is 0 Å². The van der Waals surface area contributed by atoms with E-state index >= 15 is 0 Å². The van der Waals surface area contributed by atoms with Gasteiger partial charge in [-0.3, -0.25) is 9.59 Å². The van der Waals surface area contributed by atoms with E-state index < -0.39 is 0 Å². The molecule has 118 valence electrons. The van der Waals surface area contributed by atoms with Gasteiger partial charge in [0.05, 0.1) is 6.61 Å². The summed E-state index contributed by atoms with van der Waals surface area (Å²) in [6, 6.07) is 0. The lowest BCUT2D eigenvalue weighted by molar-refractivity contribution is -0.127. The maximum Gasteiger partial charge on any atom is 0.139 e. The minimum Gasteiger partial charge on any atom is -0.395 e. The summed E-state index contributed by atoms with van der Waals surface area (Å²) in [6.07, 6.45) is 9.70. The van der Waals surface area contributed by atoms with E-state index in [0.29, 0.717) is 42.7 Å². The normalized spacial score (nSPS) is 43.9. The van der Waals surface area contributed by atoms with Crippen molar-refractivity contribution >= 4 is 11.6 Å². The van der Waals surface area contributed by atoms with E-state index in [1.54, 1.807) is 0 Å². The Bertz CT molecular complexity index is 614. The highest BCUT2D eigenvalue weighted by Crippen LogP contribution is 2.62. The molecule has 4 aliphatic rings. The third-order valence-electron chi connectivity index (χ3n) is 7.13. The van der Waals surface area contributed by atoms with E-state index in [0.717, 1.165) is 31.3 Å². The molecule has 3 heteroatoms. The molecule has 0 aliphatic heterocycles. The van der Waals surface area contributed by atoms with E-state index in [-0.39, 0.29) is 17.4 Å². The van der Waals surface area contributed by atoms with Crippen molar-refractivity contribution in [3.05, 3.63) is 23.3 Å². The second-order valence-corrected chi connectivity index (χ2v) is 7.91. The van der Waals surface area contributed by atoms with Gasteiger partial charge >= 0.3 is 0 Å². The maximum absolute atomic E-state index is 12.3. The number of Topliss-reactive ketones (excluding diaryl/α,β-unsaturated/α-hetero) is 2. The van der Waals surface area contributed by atoms with Gasteiger partial charge in [0, 0.05) is 30.1 Å². The van der Waals surface area contributed by atoms with E-state index in [9.17, 15) is 14.7 Å². The number of ketones is 2. The molecule has 4 atom stereocenters. The number of fused-ring (bicyclic) bond motifs is 5. The Morgan fingerprint density at radius 3 is 2.73 bits per heavy atom. The van der Waals surface area contributed by atoms with Crippen LogP contribution in [-0.4, -0.2) is 23.3 Å². The molecule has 0 aromatic heterocycles. The summed E-state index contributed by atoms with van der Waals surface area (Å²) in [5, 5.41) is 10.2. The SMILES string of the molecule is C[C@]12CC[C@H]3C(=CC=C4CC(=O)CC[C@@]43CO)[C@@H]1CCC2=O. The van der Waals surface area contributed by atoms with Crippen LogP contribution in [0.25, 0.3) is 0 Å². The van der Waals surface area contributed by atoms with Crippen LogP contribution < -0.4 is 0 Å². The Balaban J connectivity index is 1.79. The van der Waals surface area contributed by atoms with E-state index in [4.69, 9.17) is 0 Å². The van der Waals surface area contributed by atoms with Crippen LogP contribution in [0.4, 0.5) is 0 Å². The molecule has 0 bridgehead atoms. The summed E-state index contributed by atoms with van der Waals surface area (Å²) in [7, 11) is 0. The summed E-state index contributed by atoms with van der Waals surface area (Å²) < 4.78 is 0. The third kappa shape index (κ3) is 1.66. The Morgan fingerprint density at radius 2 is 1.95 bits per heavy atom. The van der Waals surface area contributed by atoms with E-state index in [1.165, 1.54) is 5.57 Å². The second-order valence-electron chi connectivity index (χ2n) is 7.91. The van der Waals surface area contributed by atoms with Gasteiger partial charge in [-0.15, -0.1) is 0 Å². The van der Waals surface area contributed by atoms with Gasteiger partial charge in [0.2, 0.25) is 0 Å². The van der Waals surface area contributed by atoms with Gasteiger partial charge in [-0.1, -0.05) is 30.2 Å². The Hall–Kier alpha value is -1.22. The quantitative estimate of drug-likeness (QED) is 0.810. The predicted molar refractivity (Wildman–Crippen MR) is 83.1 cm³/mol. The minimum absolute atomic E-state index is 0.130. The van der Waals surface area contributed by atoms with Crippen molar-refractivity contribution in [2.75, 3.05) is 6.61 Å². The van der Waals surface area contributed by atoms with Crippen molar-refractivity contribution in [2.24, 2.45) is 22.7 Å². The lowest BCUT2D eigenvalue weighted by Crippen LogP contribution is -2.48. The topological polar surface area (TPSA) is 54.4 Å². The van der Waals surface area contributed by atoms with Crippen LogP contribution in [0.1, 0.15) is 51.9 Å². The average Bonchev–Trinajstić information content (AvgIpc) is 2.82. The molecule has 0 aromatic rings. The lowest BCUT2D eigenvalue weighted by atomic mass is 9.51. The second kappa shape index (κ2) is 4.64. The number of hydrogen-bond acceptors (Lipinski definition) is 3. The molecular formula is C19H24O3. The molecule has 0 aromatic carbocycles. The first-order chi connectivity index (χ1) is 10.5. The Morgan fingerprint density at radius 1 is 1.14 bits per heavy atom. The Labute approximate surface area is 131 Å². The summed E-state index contributed by atoms with van der Waals surface area (Å²) in [5.74, 6) is 1.39. The fourth-order valence-corrected chi connectivity index (χ4v) is 5.71. The van der Waals surface area contributed by atoms with Gasteiger partial charge in [-0.05, 0) is 37.5 Å². The Kier molecular flexibility index (Phi) is 3.03. The number of carbonyl (C=O) groups is 2. The van der Waals surface area contributed by atoms with Crippen molar-refractivity contribution in [1.29, 1.82) is 0 Å². The average molecular weight is 300 g/mol. The summed E-state index contributed by atoms with van der Waals surface area (Å²) >= 11 is 0. The smallest absolute Gasteiger partial charge is 0.139 e. The highest BCUT2D eigenvalue weighted by Gasteiger charge is 2.57. The molecule has 3 saturated carbocycles. The summed E-state index contributed by atoms with van der Waals surface area (Å²) in [4.78, 5) is 24.2. The number of hydrogen-bond donors (Lipinski definition) is 1. The molecule has 1 N–H and O–H groups in total. The number of rotatable bonds is 1. The zero-order valence-corrected chi connectivity index (χ0v) is 13.2. The fourth-order valence-electron chi connectivity index (χ4n) is 5.71. The monoisotopic (exact) mass is 300 g/mol. The van der Waals surface area contributed by atoms with Crippen LogP contribution in [-0.2, 0) is 9.59 Å². The molecule has 0 unspecified atom stereocenters. The molecule has 4 rings (SSSR count). The molecule has 0 saturated heterocycles. The van der Waals surface area contributed by atoms with Gasteiger partial charge in [-0.2, -0.15) is 0 Å². The standard InChI is InChI=1S/C19H24O3/c1-18-8-7-16-14(15(18)4-5-17(18)22)3-2-12-10-13(21)6-9-19(12,16)11-20/h2-3,15-16,20H,4-11H2,1H3/t15-,16-,18-,19+/m0/s1. The number of allylic oxidation sites excluding steroid dienone is 3. The van der Waals surface area contributed by atoms with Gasteiger partial charge < -0.3 is 5.11 Å². The van der Waals surface area contributed by atoms with Crippen LogP contribution in [0.2, 0.25) is 0 Å². The molecule has 0 radical (unpaired) electrons. The lowest BCUT2D eigenvalue weighted by Gasteiger charge is -2.53. The number of carbonyl (C=O) groups excluding carboxylic acids is 2. The van der Waals surface area contributed by atoms with Crippen molar-refractivity contribution in [3.63, 3.8) is 0 Å². The fraction of sp³-hybridized carbons (Fsp3) is 0.684. The number of aliphatic hydroxyl groups excluding tert-OH is 1. The molecule has 0 spiro atoms. The zero-order valence-electron chi connectivity index (χ0n) is 13.2. The molecule has 0 heterocycles. The van der Waals surface area contributed by atoms with E-state index in [2.05, 4.69) is 19.1 Å². The van der Waals surface area contributed by atoms with Crippen LogP contribution in [0.3, 0.4) is 0 Å². The van der Waals surface area contributed by atoms with Crippen LogP contribution in [0.15, 0.2) is 23.3 Å². The van der Waals surface area contributed by atoms with Gasteiger partial charge in [0.25, 0.3) is 0 Å². The molecule has 0 amide bonds. The van der Waals surface area contributed by atoms with Crippen LogP contribution in [0, 0.1) is 22.7 Å². The van der Waals surface area contributed by atoms with Crippen LogP contribution in [0.5, 0.6) is 0 Å². The zero-order chi connectivity index (χ0) is 15.5. The van der Waals surface area contributed by atoms with Gasteiger partial charge in [0.1, 0.15) is 11.6 Å². The van der Waals surface area contributed by atoms with E-state index in [1.807, 2.05) is 0 Å². The molecule has 3 fully saturated rings. The first kappa shape index (κ1) is 14.4. The largest absolute Gasteiger partial charge is 0.395 e. The predicted octanol–water partition coefficient (Wildman–Crippen LogP) is 2.98. The highest BCUT2D eigenvalue weighted by atomic mass is 16.3. The maximum atomic E-state index is 12.3. The van der Waals surface area contributed by atoms with Crippen molar-refractivity contribution in [2.45, 2.75) is 51.9 Å². The summed E-state index contributed by atoms with van der Waals surface area (Å²) in [6.45, 7) is 2.27. The van der Waals surface area contributed by atoms with Gasteiger partial charge in [0.15, 0.2) is 0 Å². The first-order valence-electron chi connectivity index (χ1n) is 8.58. The molecule has 3 nitrogen and oxygen atoms in total. The first-order valence-corrected chi connectivity index (χ1v) is 8.58. The van der Waals surface area contributed by atoms with Crippen molar-refractivity contribution < 1.29 is 14.7 Å². The molecule has 22 heavy (non-hydrogen) atoms. The highest BCUT2D eigenvalue weighted by molar-refractivity contribution is 5.88. The summed E-state index contributed by atoms with van der Waals surface area (Å²) in [5.41, 5.74) is 2.10. The third-order valence-corrected chi connectivity index (χ3v) is 7.13. The molecular weight excluding hydrogens is 276 g/mol. The van der Waals surface area contributed by atoms with Crippen LogP contribution >= 0.6 is 0 Å². The minimum atomic E-state index is -0.231. The molecule has 4 aliphatic carbocycles. The van der Waals surface area contributed by atoms with Crippen molar-refractivity contribution in [3.8, 4) is 0 Å².